The van der Waals surface area contributed by atoms with Gasteiger partial charge in [-0.1, -0.05) is 12.8 Å². The van der Waals surface area contributed by atoms with Gasteiger partial charge in [-0.25, -0.2) is 0 Å². The van der Waals surface area contributed by atoms with E-state index >= 15 is 0 Å². The van der Waals surface area contributed by atoms with Crippen LogP contribution in [0.5, 0.6) is 0 Å². The van der Waals surface area contributed by atoms with E-state index in [1.165, 1.54) is 6.42 Å². The maximum absolute atomic E-state index is 10.1. The van der Waals surface area contributed by atoms with Crippen molar-refractivity contribution in [3.63, 3.8) is 0 Å². The molecule has 2 unspecified atom stereocenters. The molecule has 4 heteroatoms. The van der Waals surface area contributed by atoms with Crippen molar-refractivity contribution < 1.29 is 5.11 Å². The van der Waals surface area contributed by atoms with E-state index in [4.69, 9.17) is 5.73 Å². The fourth-order valence-corrected chi connectivity index (χ4v) is 2.91. The summed E-state index contributed by atoms with van der Waals surface area (Å²) in [6.07, 6.45) is 5.95. The van der Waals surface area contributed by atoms with E-state index in [2.05, 4.69) is 16.9 Å². The van der Waals surface area contributed by atoms with E-state index in [1.807, 2.05) is 20.0 Å². The molecule has 1 aromatic rings. The van der Waals surface area contributed by atoms with Crippen molar-refractivity contribution in [2.24, 2.45) is 0 Å². The van der Waals surface area contributed by atoms with Gasteiger partial charge in [0.05, 0.1) is 11.8 Å². The Bertz CT molecular complexity index is 447. The lowest BCUT2D eigenvalue weighted by Crippen LogP contribution is -2.43. The second-order valence-corrected chi connectivity index (χ2v) is 5.76. The Hall–Kier alpha value is -1.13. The molecule has 0 amide bonds. The minimum atomic E-state index is -0.207. The number of aromatic nitrogens is 1. The van der Waals surface area contributed by atoms with Gasteiger partial charge in [-0.2, -0.15) is 0 Å². The van der Waals surface area contributed by atoms with Gasteiger partial charge in [0.1, 0.15) is 0 Å². The summed E-state index contributed by atoms with van der Waals surface area (Å²) in [6.45, 7) is 4.75. The van der Waals surface area contributed by atoms with Crippen LogP contribution < -0.4 is 5.73 Å². The molecule has 1 aliphatic rings. The minimum absolute atomic E-state index is 0.207. The number of rotatable bonds is 3. The minimum Gasteiger partial charge on any atom is -0.398 e. The van der Waals surface area contributed by atoms with Gasteiger partial charge in [0.15, 0.2) is 0 Å². The third kappa shape index (κ3) is 3.07. The largest absolute Gasteiger partial charge is 0.398 e. The first-order valence-corrected chi connectivity index (χ1v) is 7.09. The molecule has 1 fully saturated rings. The molecule has 0 bridgehead atoms. The zero-order chi connectivity index (χ0) is 14.0. The van der Waals surface area contributed by atoms with Crippen LogP contribution in [-0.2, 0) is 6.54 Å². The number of pyridine rings is 1. The number of aliphatic hydroxyl groups excluding tert-OH is 1. The summed E-state index contributed by atoms with van der Waals surface area (Å²) in [6, 6.07) is 0.248. The van der Waals surface area contributed by atoms with Crippen LogP contribution >= 0.6 is 0 Å². The predicted molar refractivity (Wildman–Crippen MR) is 77.9 cm³/mol. The van der Waals surface area contributed by atoms with Crippen molar-refractivity contribution in [2.45, 2.75) is 58.2 Å². The lowest BCUT2D eigenvalue weighted by molar-refractivity contribution is 0.0283. The fourth-order valence-electron chi connectivity index (χ4n) is 2.91. The maximum Gasteiger partial charge on any atom is 0.0695 e. The van der Waals surface area contributed by atoms with Crippen molar-refractivity contribution >= 4 is 5.69 Å². The van der Waals surface area contributed by atoms with Crippen LogP contribution in [0.1, 0.15) is 42.5 Å². The molecule has 0 saturated heterocycles. The highest BCUT2D eigenvalue weighted by Gasteiger charge is 2.27. The summed E-state index contributed by atoms with van der Waals surface area (Å²) in [4.78, 5) is 6.71. The molecular formula is C15H25N3O. The molecule has 0 aliphatic heterocycles. The van der Waals surface area contributed by atoms with E-state index < -0.39 is 0 Å². The first-order valence-electron chi connectivity index (χ1n) is 7.09. The van der Waals surface area contributed by atoms with Crippen LogP contribution in [-0.4, -0.2) is 34.2 Å². The van der Waals surface area contributed by atoms with Crippen LogP contribution in [0.15, 0.2) is 6.20 Å². The Labute approximate surface area is 115 Å². The Balaban J connectivity index is 2.10. The second-order valence-electron chi connectivity index (χ2n) is 5.76. The van der Waals surface area contributed by atoms with Gasteiger partial charge in [0.2, 0.25) is 0 Å². The van der Waals surface area contributed by atoms with E-state index in [1.54, 1.807) is 0 Å². The topological polar surface area (TPSA) is 62.4 Å². The number of hydrogen-bond donors (Lipinski definition) is 2. The number of hydrogen-bond acceptors (Lipinski definition) is 4. The van der Waals surface area contributed by atoms with Crippen LogP contribution in [0, 0.1) is 13.8 Å². The van der Waals surface area contributed by atoms with E-state index in [0.717, 1.165) is 48.3 Å². The maximum atomic E-state index is 10.1. The Morgan fingerprint density at radius 3 is 2.74 bits per heavy atom. The molecule has 2 atom stereocenters. The van der Waals surface area contributed by atoms with Crippen LogP contribution in [0.3, 0.4) is 0 Å². The molecule has 1 aliphatic carbocycles. The van der Waals surface area contributed by atoms with Crippen molar-refractivity contribution in [1.29, 1.82) is 0 Å². The Kier molecular flexibility index (Phi) is 4.42. The van der Waals surface area contributed by atoms with Crippen molar-refractivity contribution in [3.8, 4) is 0 Å². The summed E-state index contributed by atoms with van der Waals surface area (Å²) in [5, 5.41) is 10.1. The highest BCUT2D eigenvalue weighted by molar-refractivity contribution is 5.53. The average molecular weight is 263 g/mol. The first-order chi connectivity index (χ1) is 9.00. The third-order valence-corrected chi connectivity index (χ3v) is 4.34. The highest BCUT2D eigenvalue weighted by atomic mass is 16.3. The summed E-state index contributed by atoms with van der Waals surface area (Å²) >= 11 is 0. The third-order valence-electron chi connectivity index (χ3n) is 4.34. The molecule has 1 saturated carbocycles. The molecule has 4 nitrogen and oxygen atoms in total. The predicted octanol–water partition coefficient (Wildman–Crippen LogP) is 2.02. The first kappa shape index (κ1) is 14.3. The normalized spacial score (nSPS) is 23.8. The molecule has 1 heterocycles. The van der Waals surface area contributed by atoms with Crippen LogP contribution in [0.25, 0.3) is 0 Å². The lowest BCUT2D eigenvalue weighted by Gasteiger charge is -2.35. The summed E-state index contributed by atoms with van der Waals surface area (Å²) in [5.74, 6) is 0. The Morgan fingerprint density at radius 2 is 2.05 bits per heavy atom. The zero-order valence-corrected chi connectivity index (χ0v) is 12.2. The number of anilines is 1. The number of aliphatic hydroxyl groups is 1. The van der Waals surface area contributed by atoms with E-state index in [9.17, 15) is 5.11 Å². The number of nitrogen functional groups attached to an aromatic ring is 1. The van der Waals surface area contributed by atoms with Crippen molar-refractivity contribution in [1.82, 2.24) is 9.88 Å². The number of nitrogens with two attached hydrogens (primary N) is 1. The van der Waals surface area contributed by atoms with Crippen molar-refractivity contribution in [2.75, 3.05) is 12.8 Å². The van der Waals surface area contributed by atoms with Gasteiger partial charge in [-0.3, -0.25) is 9.88 Å². The fraction of sp³-hybridized carbons (Fsp3) is 0.667. The van der Waals surface area contributed by atoms with Crippen molar-refractivity contribution in [3.05, 3.63) is 23.0 Å². The molecule has 106 valence electrons. The molecule has 3 N–H and O–H groups in total. The van der Waals surface area contributed by atoms with E-state index in [-0.39, 0.29) is 12.1 Å². The van der Waals surface area contributed by atoms with E-state index in [0.29, 0.717) is 0 Å². The number of aryl methyl sites for hydroxylation is 1. The standard InChI is InChI=1S/C15H25N3O/c1-10-8-17-12(11(2)15(10)16)9-18(3)13-6-4-5-7-14(13)19/h8,13-14,19H,4-7,9H2,1-3H3,(H2,16,17). The van der Waals surface area contributed by atoms with Gasteiger partial charge < -0.3 is 10.8 Å². The summed E-state index contributed by atoms with van der Waals surface area (Å²) in [7, 11) is 2.07. The quantitative estimate of drug-likeness (QED) is 0.876. The highest BCUT2D eigenvalue weighted by Crippen LogP contribution is 2.25. The lowest BCUT2D eigenvalue weighted by atomic mass is 9.91. The number of likely N-dealkylation sites (N-methyl/N-ethyl adjacent to an activating group) is 1. The Morgan fingerprint density at radius 1 is 1.37 bits per heavy atom. The zero-order valence-electron chi connectivity index (χ0n) is 12.2. The van der Waals surface area contributed by atoms with Gasteiger partial charge in [-0.05, 0) is 44.9 Å². The summed E-state index contributed by atoms with van der Waals surface area (Å²) < 4.78 is 0. The van der Waals surface area contributed by atoms with Gasteiger partial charge in [0.25, 0.3) is 0 Å². The molecule has 0 aromatic carbocycles. The molecule has 0 radical (unpaired) electrons. The molecule has 1 aromatic heterocycles. The van der Waals surface area contributed by atoms with Gasteiger partial charge >= 0.3 is 0 Å². The second kappa shape index (κ2) is 5.88. The van der Waals surface area contributed by atoms with Crippen LogP contribution in [0.4, 0.5) is 5.69 Å². The summed E-state index contributed by atoms with van der Waals surface area (Å²) in [5.41, 5.74) is 10.0. The molecular weight excluding hydrogens is 238 g/mol. The average Bonchev–Trinajstić information content (AvgIpc) is 2.40. The SMILES string of the molecule is Cc1cnc(CN(C)C2CCCCC2O)c(C)c1N. The monoisotopic (exact) mass is 263 g/mol. The smallest absolute Gasteiger partial charge is 0.0695 e. The number of nitrogens with zero attached hydrogens (tertiary/aromatic N) is 2. The molecule has 2 rings (SSSR count). The van der Waals surface area contributed by atoms with Gasteiger partial charge in [0, 0.05) is 24.5 Å². The van der Waals surface area contributed by atoms with Gasteiger partial charge in [-0.15, -0.1) is 0 Å². The van der Waals surface area contributed by atoms with Crippen LogP contribution in [0.2, 0.25) is 0 Å². The molecule has 19 heavy (non-hydrogen) atoms. The molecule has 0 spiro atoms.